The van der Waals surface area contributed by atoms with Gasteiger partial charge in [0, 0.05) is 12.0 Å². The lowest BCUT2D eigenvalue weighted by Gasteiger charge is -2.10. The molecule has 1 aromatic heterocycles. The number of halogens is 1. The van der Waals surface area contributed by atoms with E-state index in [9.17, 15) is 10.1 Å². The highest BCUT2D eigenvalue weighted by molar-refractivity contribution is 6.29. The number of benzene rings is 1. The van der Waals surface area contributed by atoms with Gasteiger partial charge >= 0.3 is 0 Å². The molecular formula is C14H15ClN4O3. The Bertz CT molecular complexity index is 706. The maximum atomic E-state index is 11.2. The monoisotopic (exact) mass is 322 g/mol. The van der Waals surface area contributed by atoms with Crippen molar-refractivity contribution in [3.8, 4) is 5.75 Å². The third-order valence-corrected chi connectivity index (χ3v) is 3.09. The van der Waals surface area contributed by atoms with Gasteiger partial charge in [-0.05, 0) is 12.1 Å². The molecule has 0 spiro atoms. The van der Waals surface area contributed by atoms with Crippen LogP contribution in [0.5, 0.6) is 5.75 Å². The van der Waals surface area contributed by atoms with E-state index in [1.165, 1.54) is 19.2 Å². The van der Waals surface area contributed by atoms with Gasteiger partial charge in [-0.1, -0.05) is 25.4 Å². The number of hydrogen-bond donors (Lipinski definition) is 1. The van der Waals surface area contributed by atoms with Crippen LogP contribution in [0.1, 0.15) is 25.6 Å². The van der Waals surface area contributed by atoms with Crippen molar-refractivity contribution < 1.29 is 9.66 Å². The van der Waals surface area contributed by atoms with Gasteiger partial charge in [-0.2, -0.15) is 0 Å². The van der Waals surface area contributed by atoms with Crippen molar-refractivity contribution in [1.29, 1.82) is 0 Å². The largest absolute Gasteiger partial charge is 0.496 e. The van der Waals surface area contributed by atoms with E-state index in [1.54, 1.807) is 12.1 Å². The summed E-state index contributed by atoms with van der Waals surface area (Å²) in [6, 6.07) is 6.04. The predicted octanol–water partition coefficient (Wildman–Crippen LogP) is 3.91. The summed E-state index contributed by atoms with van der Waals surface area (Å²) >= 11 is 5.97. The molecule has 0 aliphatic heterocycles. The van der Waals surface area contributed by atoms with Gasteiger partial charge in [0.05, 0.1) is 18.1 Å². The topological polar surface area (TPSA) is 90.2 Å². The third-order valence-electron chi connectivity index (χ3n) is 2.89. The van der Waals surface area contributed by atoms with Crippen LogP contribution in [0.15, 0.2) is 24.3 Å². The van der Waals surface area contributed by atoms with Gasteiger partial charge in [0.25, 0.3) is 5.69 Å². The van der Waals surface area contributed by atoms with E-state index in [0.29, 0.717) is 23.1 Å². The molecule has 7 nitrogen and oxygen atoms in total. The highest BCUT2D eigenvalue weighted by Crippen LogP contribution is 2.31. The summed E-state index contributed by atoms with van der Waals surface area (Å²) in [6.45, 7) is 3.87. The van der Waals surface area contributed by atoms with Crippen LogP contribution in [0.25, 0.3) is 0 Å². The highest BCUT2D eigenvalue weighted by Gasteiger charge is 2.16. The van der Waals surface area contributed by atoms with Gasteiger partial charge in [-0.3, -0.25) is 10.1 Å². The Morgan fingerprint density at radius 1 is 1.32 bits per heavy atom. The number of rotatable bonds is 5. The van der Waals surface area contributed by atoms with Crippen molar-refractivity contribution in [2.75, 3.05) is 12.4 Å². The number of aromatic nitrogens is 2. The number of hydrogen-bond acceptors (Lipinski definition) is 6. The van der Waals surface area contributed by atoms with Crippen molar-refractivity contribution in [2.24, 2.45) is 0 Å². The van der Waals surface area contributed by atoms with E-state index in [1.807, 2.05) is 13.8 Å². The fourth-order valence-corrected chi connectivity index (χ4v) is 1.98. The van der Waals surface area contributed by atoms with Gasteiger partial charge in [-0.15, -0.1) is 0 Å². The van der Waals surface area contributed by atoms with E-state index in [-0.39, 0.29) is 16.8 Å². The summed E-state index contributed by atoms with van der Waals surface area (Å²) in [4.78, 5) is 19.1. The van der Waals surface area contributed by atoms with Crippen molar-refractivity contribution in [2.45, 2.75) is 19.8 Å². The Hall–Kier alpha value is -2.41. The van der Waals surface area contributed by atoms with E-state index >= 15 is 0 Å². The van der Waals surface area contributed by atoms with E-state index in [4.69, 9.17) is 16.3 Å². The molecule has 0 saturated heterocycles. The standard InChI is InChI=1S/C14H15ClN4O3/c1-8(2)14-17-12(15)7-13(18-14)16-10-5-4-9(22-3)6-11(10)19(20)21/h4-8H,1-3H3,(H,16,17,18). The molecule has 8 heteroatoms. The van der Waals surface area contributed by atoms with Crippen LogP contribution in [0.2, 0.25) is 5.15 Å². The Kier molecular flexibility index (Phi) is 4.77. The number of ether oxygens (including phenoxy) is 1. The molecule has 0 aliphatic carbocycles. The van der Waals surface area contributed by atoms with Crippen molar-refractivity contribution in [3.05, 3.63) is 45.4 Å². The maximum Gasteiger partial charge on any atom is 0.296 e. The quantitative estimate of drug-likeness (QED) is 0.510. The average molecular weight is 323 g/mol. The molecular weight excluding hydrogens is 308 g/mol. The first kappa shape index (κ1) is 16.0. The van der Waals surface area contributed by atoms with E-state index in [2.05, 4.69) is 15.3 Å². The third kappa shape index (κ3) is 3.62. The predicted molar refractivity (Wildman–Crippen MR) is 84.1 cm³/mol. The number of nitrogens with zero attached hydrogens (tertiary/aromatic N) is 3. The number of nitrogens with one attached hydrogen (secondary N) is 1. The molecule has 0 bridgehead atoms. The molecule has 0 unspecified atom stereocenters. The normalized spacial score (nSPS) is 10.6. The second-order valence-corrected chi connectivity index (χ2v) is 5.24. The second-order valence-electron chi connectivity index (χ2n) is 4.85. The molecule has 1 heterocycles. The van der Waals surface area contributed by atoms with Gasteiger partial charge in [0.2, 0.25) is 0 Å². The van der Waals surface area contributed by atoms with E-state index in [0.717, 1.165) is 0 Å². The number of nitro benzene ring substituents is 1. The lowest BCUT2D eigenvalue weighted by molar-refractivity contribution is -0.384. The van der Waals surface area contributed by atoms with Crippen LogP contribution in [-0.4, -0.2) is 22.0 Å². The molecule has 0 aliphatic rings. The van der Waals surface area contributed by atoms with Crippen molar-refractivity contribution in [3.63, 3.8) is 0 Å². The number of anilines is 2. The second kappa shape index (κ2) is 6.57. The van der Waals surface area contributed by atoms with Gasteiger partial charge in [0.1, 0.15) is 28.2 Å². The minimum absolute atomic E-state index is 0.0881. The Morgan fingerprint density at radius 3 is 2.64 bits per heavy atom. The summed E-state index contributed by atoms with van der Waals surface area (Å²) in [5, 5.41) is 14.4. The maximum absolute atomic E-state index is 11.2. The summed E-state index contributed by atoms with van der Waals surface area (Å²) < 4.78 is 5.00. The SMILES string of the molecule is COc1ccc(Nc2cc(Cl)nc(C(C)C)n2)c([N+](=O)[O-])c1. The van der Waals surface area contributed by atoms with Crippen LogP contribution in [0.3, 0.4) is 0 Å². The molecule has 2 rings (SSSR count). The number of nitro groups is 1. The minimum Gasteiger partial charge on any atom is -0.496 e. The molecule has 116 valence electrons. The van der Waals surface area contributed by atoms with Gasteiger partial charge in [0.15, 0.2) is 0 Å². The van der Waals surface area contributed by atoms with Gasteiger partial charge in [-0.25, -0.2) is 9.97 Å². The first-order valence-electron chi connectivity index (χ1n) is 6.54. The molecule has 1 aromatic carbocycles. The van der Waals surface area contributed by atoms with Crippen LogP contribution >= 0.6 is 11.6 Å². The molecule has 22 heavy (non-hydrogen) atoms. The molecule has 0 radical (unpaired) electrons. The number of methoxy groups -OCH3 is 1. The fourth-order valence-electron chi connectivity index (χ4n) is 1.79. The molecule has 0 saturated carbocycles. The Labute approximate surface area is 132 Å². The molecule has 1 N–H and O–H groups in total. The summed E-state index contributed by atoms with van der Waals surface area (Å²) in [5.41, 5.74) is 0.190. The lowest BCUT2D eigenvalue weighted by atomic mass is 10.2. The highest BCUT2D eigenvalue weighted by atomic mass is 35.5. The summed E-state index contributed by atoms with van der Waals surface area (Å²) in [6.07, 6.45) is 0. The first-order chi connectivity index (χ1) is 10.4. The van der Waals surface area contributed by atoms with Crippen LogP contribution < -0.4 is 10.1 Å². The first-order valence-corrected chi connectivity index (χ1v) is 6.92. The smallest absolute Gasteiger partial charge is 0.296 e. The fraction of sp³-hybridized carbons (Fsp3) is 0.286. The van der Waals surface area contributed by atoms with Crippen molar-refractivity contribution in [1.82, 2.24) is 9.97 Å². The summed E-state index contributed by atoms with van der Waals surface area (Å²) in [7, 11) is 1.45. The zero-order valence-electron chi connectivity index (χ0n) is 12.3. The minimum atomic E-state index is -0.489. The van der Waals surface area contributed by atoms with Crippen LogP contribution in [-0.2, 0) is 0 Å². The Morgan fingerprint density at radius 2 is 2.05 bits per heavy atom. The van der Waals surface area contributed by atoms with Crippen LogP contribution in [0, 0.1) is 10.1 Å². The molecule has 0 amide bonds. The molecule has 0 atom stereocenters. The molecule has 2 aromatic rings. The Balaban J connectivity index is 2.40. The molecule has 0 fully saturated rings. The van der Waals surface area contributed by atoms with Crippen molar-refractivity contribution >= 4 is 28.8 Å². The van der Waals surface area contributed by atoms with E-state index < -0.39 is 4.92 Å². The summed E-state index contributed by atoms with van der Waals surface area (Å²) in [5.74, 6) is 1.45. The van der Waals surface area contributed by atoms with Gasteiger partial charge < -0.3 is 10.1 Å². The lowest BCUT2D eigenvalue weighted by Crippen LogP contribution is -2.03. The zero-order chi connectivity index (χ0) is 16.3. The van der Waals surface area contributed by atoms with Crippen LogP contribution in [0.4, 0.5) is 17.2 Å². The zero-order valence-corrected chi connectivity index (χ0v) is 13.1. The average Bonchev–Trinajstić information content (AvgIpc) is 2.46.